The zero-order valence-electron chi connectivity index (χ0n) is 22.6. The number of fused-ring (bicyclic) bond motifs is 1. The minimum Gasteiger partial charge on any atom is -0.478 e. The minimum atomic E-state index is -4.01. The standard InChI is InChI=1S/C28H30ClN5O6S/c1-4-28(26(30)37)31-23-15-21(25(35)36)22(29)16-24(23)34(28)19-9-7-18(8-10-19)13-14-33(3)27(38)32-41(39,40)20-11-5-17(2)6-12-20/h5-12,15-16,31H,4,13-14H2,1-3H3,(H2,30,37)(H,32,38)(H,35,36). The van der Waals surface area contributed by atoms with Gasteiger partial charge in [-0.25, -0.2) is 22.7 Å². The predicted octanol–water partition coefficient (Wildman–Crippen LogP) is 4.07. The molecule has 3 amide bonds. The van der Waals surface area contributed by atoms with Crippen molar-refractivity contribution in [1.29, 1.82) is 0 Å². The summed E-state index contributed by atoms with van der Waals surface area (Å²) in [5, 5.41) is 12.6. The molecule has 0 bridgehead atoms. The summed E-state index contributed by atoms with van der Waals surface area (Å²) in [5.41, 5.74) is 7.63. The zero-order valence-corrected chi connectivity index (χ0v) is 24.2. The van der Waals surface area contributed by atoms with Gasteiger partial charge in [-0.2, -0.15) is 0 Å². The van der Waals surface area contributed by atoms with Crippen LogP contribution in [0.15, 0.2) is 65.6 Å². The summed E-state index contributed by atoms with van der Waals surface area (Å²) >= 11 is 6.25. The Bertz CT molecular complexity index is 1610. The summed E-state index contributed by atoms with van der Waals surface area (Å²) in [6, 6.07) is 15.5. The highest BCUT2D eigenvalue weighted by atomic mass is 35.5. The number of anilines is 3. The van der Waals surface area contributed by atoms with Gasteiger partial charge >= 0.3 is 12.0 Å². The minimum absolute atomic E-state index is 0.00185. The van der Waals surface area contributed by atoms with E-state index in [0.717, 1.165) is 11.1 Å². The van der Waals surface area contributed by atoms with Crippen LogP contribution in [0.25, 0.3) is 0 Å². The number of sulfonamides is 1. The Hall–Kier alpha value is -4.29. The van der Waals surface area contributed by atoms with Gasteiger partial charge in [0, 0.05) is 19.3 Å². The van der Waals surface area contributed by atoms with Gasteiger partial charge in [0.1, 0.15) is 0 Å². The Morgan fingerprint density at radius 3 is 2.29 bits per heavy atom. The molecular weight excluding hydrogens is 570 g/mol. The number of hydrogen-bond acceptors (Lipinski definition) is 7. The molecule has 5 N–H and O–H groups in total. The lowest BCUT2D eigenvalue weighted by Crippen LogP contribution is -2.57. The first-order valence-electron chi connectivity index (χ1n) is 12.7. The smallest absolute Gasteiger partial charge is 0.337 e. The second-order valence-electron chi connectivity index (χ2n) is 9.75. The maximum Gasteiger partial charge on any atom is 0.337 e. The molecule has 1 unspecified atom stereocenters. The van der Waals surface area contributed by atoms with Crippen LogP contribution in [0, 0.1) is 6.92 Å². The Balaban J connectivity index is 1.50. The molecule has 0 fully saturated rings. The highest BCUT2D eigenvalue weighted by Crippen LogP contribution is 2.48. The third kappa shape index (κ3) is 5.79. The van der Waals surface area contributed by atoms with Crippen molar-refractivity contribution in [1.82, 2.24) is 9.62 Å². The number of aromatic carboxylic acids is 1. The van der Waals surface area contributed by atoms with Gasteiger partial charge in [-0.05, 0) is 61.7 Å². The number of aryl methyl sites for hydroxylation is 1. The SMILES string of the molecule is CCC1(C(N)=O)Nc2cc(C(=O)O)c(Cl)cc2N1c1ccc(CCN(C)C(=O)NS(=O)(=O)c2ccc(C)cc2)cc1. The third-order valence-electron chi connectivity index (χ3n) is 7.03. The number of carboxylic acid groups (broad SMARTS) is 1. The molecule has 1 heterocycles. The average molecular weight is 600 g/mol. The molecule has 0 saturated heterocycles. The third-order valence-corrected chi connectivity index (χ3v) is 8.68. The highest BCUT2D eigenvalue weighted by molar-refractivity contribution is 7.90. The lowest BCUT2D eigenvalue weighted by Gasteiger charge is -2.36. The normalized spacial score (nSPS) is 16.0. The van der Waals surface area contributed by atoms with Crippen LogP contribution in [0.1, 0.15) is 34.8 Å². The first kappa shape index (κ1) is 29.7. The fourth-order valence-electron chi connectivity index (χ4n) is 4.63. The number of likely N-dealkylation sites (N-methyl/N-ethyl adjacent to an activating group) is 1. The van der Waals surface area contributed by atoms with Gasteiger partial charge in [0.15, 0.2) is 5.66 Å². The predicted molar refractivity (Wildman–Crippen MR) is 156 cm³/mol. The highest BCUT2D eigenvalue weighted by Gasteiger charge is 2.48. The summed E-state index contributed by atoms with van der Waals surface area (Å²) in [4.78, 5) is 39.8. The van der Waals surface area contributed by atoms with E-state index in [9.17, 15) is 27.9 Å². The summed E-state index contributed by atoms with van der Waals surface area (Å²) < 4.78 is 27.2. The van der Waals surface area contributed by atoms with Crippen molar-refractivity contribution in [3.8, 4) is 0 Å². The molecule has 216 valence electrons. The zero-order chi connectivity index (χ0) is 30.1. The van der Waals surface area contributed by atoms with Crippen LogP contribution < -0.4 is 20.7 Å². The van der Waals surface area contributed by atoms with Crippen LogP contribution in [0.3, 0.4) is 0 Å². The van der Waals surface area contributed by atoms with Crippen molar-refractivity contribution in [2.45, 2.75) is 37.2 Å². The van der Waals surface area contributed by atoms with Crippen LogP contribution in [-0.2, 0) is 21.2 Å². The first-order valence-corrected chi connectivity index (χ1v) is 14.5. The number of nitrogens with two attached hydrogens (primary N) is 1. The van der Waals surface area contributed by atoms with Crippen molar-refractivity contribution < 1.29 is 27.9 Å². The van der Waals surface area contributed by atoms with E-state index in [1.165, 1.54) is 36.2 Å². The van der Waals surface area contributed by atoms with Gasteiger partial charge in [0.05, 0.1) is 26.9 Å². The van der Waals surface area contributed by atoms with E-state index in [0.29, 0.717) is 23.5 Å². The van der Waals surface area contributed by atoms with E-state index in [-0.39, 0.29) is 28.4 Å². The van der Waals surface area contributed by atoms with Crippen LogP contribution in [0.4, 0.5) is 21.9 Å². The van der Waals surface area contributed by atoms with E-state index in [1.54, 1.807) is 36.1 Å². The second kappa shape index (κ2) is 11.3. The number of primary amides is 1. The van der Waals surface area contributed by atoms with Crippen molar-refractivity contribution in [3.05, 3.63) is 82.4 Å². The molecule has 1 aliphatic rings. The Morgan fingerprint density at radius 2 is 1.73 bits per heavy atom. The molecule has 1 atom stereocenters. The number of nitrogens with one attached hydrogen (secondary N) is 2. The van der Waals surface area contributed by atoms with Gasteiger partial charge in [0.2, 0.25) is 0 Å². The fraction of sp³-hybridized carbons (Fsp3) is 0.250. The lowest BCUT2D eigenvalue weighted by atomic mass is 10.0. The van der Waals surface area contributed by atoms with Crippen LogP contribution >= 0.6 is 11.6 Å². The molecule has 11 nitrogen and oxygen atoms in total. The van der Waals surface area contributed by atoms with E-state index in [2.05, 4.69) is 10.0 Å². The number of carboxylic acids is 1. The van der Waals surface area contributed by atoms with Gasteiger partial charge in [0.25, 0.3) is 15.9 Å². The van der Waals surface area contributed by atoms with Crippen LogP contribution in [-0.4, -0.2) is 55.6 Å². The number of urea groups is 1. The van der Waals surface area contributed by atoms with Gasteiger partial charge < -0.3 is 26.0 Å². The Labute approximate surface area is 242 Å². The molecule has 1 aliphatic heterocycles. The molecule has 0 saturated carbocycles. The van der Waals surface area contributed by atoms with Crippen LogP contribution in [0.5, 0.6) is 0 Å². The van der Waals surface area contributed by atoms with Crippen molar-refractivity contribution >= 4 is 56.6 Å². The quantitative estimate of drug-likeness (QED) is 0.286. The monoisotopic (exact) mass is 599 g/mol. The molecule has 3 aromatic rings. The Kier molecular flexibility index (Phi) is 8.18. The first-order chi connectivity index (χ1) is 19.3. The number of rotatable bonds is 9. The van der Waals surface area contributed by atoms with Gasteiger partial charge in [-0.15, -0.1) is 0 Å². The van der Waals surface area contributed by atoms with E-state index in [1.807, 2.05) is 19.1 Å². The number of benzene rings is 3. The molecule has 13 heteroatoms. The number of hydrogen-bond donors (Lipinski definition) is 4. The number of halogens is 1. The van der Waals surface area contributed by atoms with Crippen molar-refractivity contribution in [3.63, 3.8) is 0 Å². The largest absolute Gasteiger partial charge is 0.478 e. The van der Waals surface area contributed by atoms with Gasteiger partial charge in [-0.1, -0.05) is 48.4 Å². The molecular formula is C28H30ClN5O6S. The van der Waals surface area contributed by atoms with Gasteiger partial charge in [-0.3, -0.25) is 4.79 Å². The summed E-state index contributed by atoms with van der Waals surface area (Å²) in [6.45, 7) is 3.85. The lowest BCUT2D eigenvalue weighted by molar-refractivity contribution is -0.122. The topological polar surface area (TPSA) is 162 Å². The average Bonchev–Trinajstić information content (AvgIpc) is 3.26. The maximum atomic E-state index is 12.7. The van der Waals surface area contributed by atoms with Crippen molar-refractivity contribution in [2.24, 2.45) is 5.73 Å². The number of carbonyl (C=O) groups is 3. The number of amides is 3. The number of nitrogens with zero attached hydrogens (tertiary/aromatic N) is 2. The summed E-state index contributed by atoms with van der Waals surface area (Å²) in [5.74, 6) is -1.85. The number of carbonyl (C=O) groups excluding carboxylic acids is 2. The van der Waals surface area contributed by atoms with E-state index < -0.39 is 33.6 Å². The molecule has 0 radical (unpaired) electrons. The Morgan fingerprint density at radius 1 is 1.10 bits per heavy atom. The maximum absolute atomic E-state index is 12.7. The molecule has 41 heavy (non-hydrogen) atoms. The van der Waals surface area contributed by atoms with E-state index >= 15 is 0 Å². The molecule has 4 rings (SSSR count). The fourth-order valence-corrected chi connectivity index (χ4v) is 5.86. The summed E-state index contributed by atoms with van der Waals surface area (Å²) in [6.07, 6.45) is 0.691. The van der Waals surface area contributed by atoms with Crippen LogP contribution in [0.2, 0.25) is 5.02 Å². The summed E-state index contributed by atoms with van der Waals surface area (Å²) in [7, 11) is -2.51. The molecule has 3 aromatic carbocycles. The van der Waals surface area contributed by atoms with Crippen molar-refractivity contribution in [2.75, 3.05) is 23.8 Å². The molecule has 0 spiro atoms. The molecule has 0 aromatic heterocycles. The second-order valence-corrected chi connectivity index (χ2v) is 11.8. The molecule has 0 aliphatic carbocycles. The van der Waals surface area contributed by atoms with E-state index in [4.69, 9.17) is 17.3 Å².